The maximum Gasteiger partial charge on any atom is 0.176 e. The molecule has 0 saturated heterocycles. The Hall–Kier alpha value is -0.270. The van der Waals surface area contributed by atoms with Gasteiger partial charge in [0, 0.05) is 16.3 Å². The fourth-order valence-corrected chi connectivity index (χ4v) is 3.90. The van der Waals surface area contributed by atoms with Crippen molar-refractivity contribution in [2.45, 2.75) is 17.4 Å². The van der Waals surface area contributed by atoms with Gasteiger partial charge in [-0.15, -0.1) is 23.2 Å². The van der Waals surface area contributed by atoms with Gasteiger partial charge in [-0.1, -0.05) is 15.9 Å². The normalized spacial score (nSPS) is 17.5. The van der Waals surface area contributed by atoms with Crippen molar-refractivity contribution in [2.75, 3.05) is 18.0 Å². The third kappa shape index (κ3) is 3.24. The van der Waals surface area contributed by atoms with Crippen molar-refractivity contribution in [3.8, 4) is 0 Å². The van der Waals surface area contributed by atoms with Crippen LogP contribution in [0.15, 0.2) is 27.6 Å². The lowest BCUT2D eigenvalue weighted by atomic mass is 10.0. The van der Waals surface area contributed by atoms with Crippen LogP contribution in [0.1, 0.15) is 11.1 Å². The Labute approximate surface area is 142 Å². The summed E-state index contributed by atoms with van der Waals surface area (Å²) in [5.74, 6) is 0.322. The van der Waals surface area contributed by atoms with Gasteiger partial charge in [0.1, 0.15) is 5.60 Å². The van der Waals surface area contributed by atoms with E-state index >= 15 is 0 Å². The van der Waals surface area contributed by atoms with E-state index in [2.05, 4.69) is 21.4 Å². The van der Waals surface area contributed by atoms with E-state index in [9.17, 15) is 8.42 Å². The number of hydroxylamine groups is 1. The van der Waals surface area contributed by atoms with Crippen LogP contribution in [0.4, 0.5) is 0 Å². The third-order valence-corrected chi connectivity index (χ3v) is 6.16. The average Bonchev–Trinajstić information content (AvgIpc) is 2.85. The van der Waals surface area contributed by atoms with Crippen molar-refractivity contribution < 1.29 is 13.3 Å². The standard InChI is InChI=1S/C13H14BrCl2NO3S/c1-8-9(14)3-4-11(21(2,18)19)12(8)10-5-13(6-15,7-16)20-17-10/h3-5,17H,6-7H2,1-2H3. The minimum atomic E-state index is -3.38. The Bertz CT molecular complexity index is 700. The zero-order valence-electron chi connectivity index (χ0n) is 11.4. The van der Waals surface area contributed by atoms with Gasteiger partial charge < -0.3 is 0 Å². The fourth-order valence-electron chi connectivity index (χ4n) is 2.07. The lowest BCUT2D eigenvalue weighted by molar-refractivity contribution is -0.00367. The first-order valence-corrected chi connectivity index (χ1v) is 9.78. The molecule has 116 valence electrons. The lowest BCUT2D eigenvalue weighted by Crippen LogP contribution is -2.33. The Morgan fingerprint density at radius 3 is 2.43 bits per heavy atom. The van der Waals surface area contributed by atoms with Gasteiger partial charge in [-0.3, -0.25) is 10.3 Å². The molecule has 1 aromatic rings. The van der Waals surface area contributed by atoms with Crippen LogP contribution in [0.25, 0.3) is 5.70 Å². The van der Waals surface area contributed by atoms with E-state index in [1.54, 1.807) is 18.2 Å². The number of rotatable bonds is 4. The smallest absolute Gasteiger partial charge is 0.176 e. The Morgan fingerprint density at radius 1 is 1.33 bits per heavy atom. The van der Waals surface area contributed by atoms with E-state index in [1.165, 1.54) is 6.26 Å². The predicted octanol–water partition coefficient (Wildman–Crippen LogP) is 3.25. The molecule has 1 aliphatic rings. The summed E-state index contributed by atoms with van der Waals surface area (Å²) in [6.07, 6.45) is 2.91. The fraction of sp³-hybridized carbons (Fsp3) is 0.385. The van der Waals surface area contributed by atoms with Gasteiger partial charge >= 0.3 is 0 Å². The number of hydrogen-bond donors (Lipinski definition) is 1. The zero-order chi connectivity index (χ0) is 15.8. The SMILES string of the molecule is Cc1c(Br)ccc(S(C)(=O)=O)c1C1=CC(CCl)(CCl)ON1. The molecule has 1 aromatic carbocycles. The van der Waals surface area contributed by atoms with Gasteiger partial charge in [0.15, 0.2) is 9.84 Å². The molecule has 8 heteroatoms. The molecular weight excluding hydrogens is 401 g/mol. The van der Waals surface area contributed by atoms with Gasteiger partial charge in [-0.05, 0) is 30.7 Å². The quantitative estimate of drug-likeness (QED) is 0.768. The van der Waals surface area contributed by atoms with Gasteiger partial charge in [0.2, 0.25) is 0 Å². The van der Waals surface area contributed by atoms with Crippen LogP contribution in [-0.4, -0.2) is 32.0 Å². The predicted molar refractivity (Wildman–Crippen MR) is 88.4 cm³/mol. The van der Waals surface area contributed by atoms with E-state index < -0.39 is 15.4 Å². The Balaban J connectivity index is 2.67. The minimum absolute atomic E-state index is 0.161. The van der Waals surface area contributed by atoms with Crippen molar-refractivity contribution in [1.29, 1.82) is 0 Å². The molecule has 1 N–H and O–H groups in total. The van der Waals surface area contributed by atoms with E-state index in [0.29, 0.717) is 11.3 Å². The number of halogens is 3. The van der Waals surface area contributed by atoms with E-state index in [1.807, 2.05) is 6.92 Å². The minimum Gasteiger partial charge on any atom is -0.266 e. The molecule has 0 bridgehead atoms. The summed E-state index contributed by atoms with van der Waals surface area (Å²) in [6, 6.07) is 3.27. The van der Waals surface area contributed by atoms with Crippen molar-refractivity contribution in [3.63, 3.8) is 0 Å². The topological polar surface area (TPSA) is 55.4 Å². The van der Waals surface area contributed by atoms with Crippen molar-refractivity contribution in [1.82, 2.24) is 5.48 Å². The molecule has 0 atom stereocenters. The molecule has 0 spiro atoms. The number of alkyl halides is 2. The molecule has 21 heavy (non-hydrogen) atoms. The van der Waals surface area contributed by atoms with Crippen LogP contribution in [0.5, 0.6) is 0 Å². The number of hydrogen-bond acceptors (Lipinski definition) is 4. The van der Waals surface area contributed by atoms with Gasteiger partial charge in [-0.25, -0.2) is 8.42 Å². The Kier molecular flexibility index (Phi) is 4.95. The highest BCUT2D eigenvalue weighted by atomic mass is 79.9. The third-order valence-electron chi connectivity index (χ3n) is 3.25. The maximum absolute atomic E-state index is 12.0. The summed E-state index contributed by atoms with van der Waals surface area (Å²) < 4.78 is 24.8. The highest BCUT2D eigenvalue weighted by molar-refractivity contribution is 9.10. The summed E-state index contributed by atoms with van der Waals surface area (Å²) in [4.78, 5) is 5.68. The molecule has 0 amide bonds. The van der Waals surface area contributed by atoms with Crippen LogP contribution >= 0.6 is 39.1 Å². The van der Waals surface area contributed by atoms with Crippen molar-refractivity contribution in [2.24, 2.45) is 0 Å². The first kappa shape index (κ1) is 17.1. The summed E-state index contributed by atoms with van der Waals surface area (Å²) in [5, 5.41) is 0. The molecule has 0 aliphatic carbocycles. The van der Waals surface area contributed by atoms with Crippen molar-refractivity contribution >= 4 is 54.7 Å². The lowest BCUT2D eigenvalue weighted by Gasteiger charge is -2.18. The summed E-state index contributed by atoms with van der Waals surface area (Å²) in [6.45, 7) is 1.83. The van der Waals surface area contributed by atoms with Crippen molar-refractivity contribution in [3.05, 3.63) is 33.8 Å². The molecule has 1 heterocycles. The molecule has 0 radical (unpaired) electrons. The summed E-state index contributed by atoms with van der Waals surface area (Å²) >= 11 is 15.2. The highest BCUT2D eigenvalue weighted by Crippen LogP contribution is 2.35. The monoisotopic (exact) mass is 413 g/mol. The average molecular weight is 415 g/mol. The first-order valence-electron chi connectivity index (χ1n) is 6.02. The number of sulfone groups is 1. The highest BCUT2D eigenvalue weighted by Gasteiger charge is 2.35. The van der Waals surface area contributed by atoms with Crippen LogP contribution in [-0.2, 0) is 14.7 Å². The second-order valence-corrected chi connectivity index (χ2v) is 8.28. The molecule has 0 aromatic heterocycles. The first-order chi connectivity index (χ1) is 9.74. The summed E-state index contributed by atoms with van der Waals surface area (Å²) in [5.41, 5.74) is 3.81. The number of nitrogens with one attached hydrogen (secondary N) is 1. The number of benzene rings is 1. The van der Waals surface area contributed by atoms with E-state index in [4.69, 9.17) is 28.0 Å². The summed E-state index contributed by atoms with van der Waals surface area (Å²) in [7, 11) is -3.38. The molecule has 1 aliphatic heterocycles. The van der Waals surface area contributed by atoms with Crippen LogP contribution in [0.2, 0.25) is 0 Å². The van der Waals surface area contributed by atoms with Gasteiger partial charge in [-0.2, -0.15) is 0 Å². The van der Waals surface area contributed by atoms with Crippen LogP contribution < -0.4 is 5.48 Å². The molecule has 4 nitrogen and oxygen atoms in total. The molecule has 0 fully saturated rings. The molecule has 0 saturated carbocycles. The maximum atomic E-state index is 12.0. The molecule has 0 unspecified atom stereocenters. The molecule has 2 rings (SSSR count). The van der Waals surface area contributed by atoms with Gasteiger partial charge in [0.25, 0.3) is 0 Å². The van der Waals surface area contributed by atoms with Crippen LogP contribution in [0, 0.1) is 6.92 Å². The second-order valence-electron chi connectivity index (χ2n) is 4.91. The molecular formula is C13H14BrCl2NO3S. The van der Waals surface area contributed by atoms with E-state index in [0.717, 1.165) is 10.0 Å². The largest absolute Gasteiger partial charge is 0.266 e. The van der Waals surface area contributed by atoms with Gasteiger partial charge in [0.05, 0.1) is 22.4 Å². The van der Waals surface area contributed by atoms with E-state index in [-0.39, 0.29) is 16.7 Å². The van der Waals surface area contributed by atoms with Crippen LogP contribution in [0.3, 0.4) is 0 Å². The second kappa shape index (κ2) is 6.08. The Morgan fingerprint density at radius 2 is 1.95 bits per heavy atom. The zero-order valence-corrected chi connectivity index (χ0v) is 15.3.